The van der Waals surface area contributed by atoms with Gasteiger partial charge in [-0.2, -0.15) is 0 Å². The molecule has 30 heavy (non-hydrogen) atoms. The van der Waals surface area contributed by atoms with Gasteiger partial charge in [-0.15, -0.1) is 0 Å². The maximum absolute atomic E-state index is 6.03. The third-order valence-electron chi connectivity index (χ3n) is 5.61. The molecule has 2 aromatic carbocycles. The molecule has 0 aromatic heterocycles. The molecule has 3 rings (SSSR count). The highest BCUT2D eigenvalue weighted by atomic mass is 16.5. The van der Waals surface area contributed by atoms with E-state index in [0.29, 0.717) is 6.54 Å². The summed E-state index contributed by atoms with van der Waals surface area (Å²) in [4.78, 5) is 4.39. The van der Waals surface area contributed by atoms with Gasteiger partial charge in [0.25, 0.3) is 0 Å². The number of nitrogens with zero attached hydrogens (tertiary/aromatic N) is 1. The molecule has 0 radical (unpaired) electrons. The summed E-state index contributed by atoms with van der Waals surface area (Å²) in [6, 6.07) is 18.4. The van der Waals surface area contributed by atoms with E-state index >= 15 is 0 Å². The average molecular weight is 412 g/mol. The van der Waals surface area contributed by atoms with Crippen LogP contribution >= 0.6 is 0 Å². The van der Waals surface area contributed by atoms with Crippen molar-refractivity contribution < 1.29 is 14.2 Å². The summed E-state index contributed by atoms with van der Waals surface area (Å²) in [5.41, 5.74) is 1.40. The van der Waals surface area contributed by atoms with Gasteiger partial charge in [-0.05, 0) is 37.5 Å². The van der Waals surface area contributed by atoms with E-state index in [1.165, 1.54) is 5.56 Å². The predicted molar refractivity (Wildman–Crippen MR) is 121 cm³/mol. The van der Waals surface area contributed by atoms with E-state index in [9.17, 15) is 0 Å². The lowest BCUT2D eigenvalue weighted by atomic mass is 9.74. The number of methoxy groups -OCH3 is 1. The van der Waals surface area contributed by atoms with Crippen LogP contribution in [0.25, 0.3) is 0 Å². The number of para-hydroxylation sites is 2. The molecule has 2 N–H and O–H groups in total. The summed E-state index contributed by atoms with van der Waals surface area (Å²) in [6.07, 6.45) is 1.94. The van der Waals surface area contributed by atoms with Gasteiger partial charge in [0.05, 0.1) is 13.7 Å². The third-order valence-corrected chi connectivity index (χ3v) is 5.61. The van der Waals surface area contributed by atoms with Crippen LogP contribution in [0.2, 0.25) is 0 Å². The van der Waals surface area contributed by atoms with Gasteiger partial charge in [0.2, 0.25) is 0 Å². The predicted octanol–water partition coefficient (Wildman–Crippen LogP) is 3.38. The van der Waals surface area contributed by atoms with Crippen molar-refractivity contribution in [2.45, 2.75) is 31.3 Å². The number of rotatable bonds is 8. The van der Waals surface area contributed by atoms with Crippen LogP contribution in [0, 0.1) is 0 Å². The van der Waals surface area contributed by atoms with E-state index in [-0.39, 0.29) is 11.5 Å². The Bertz CT molecular complexity index is 804. The lowest BCUT2D eigenvalue weighted by Gasteiger charge is -2.38. The van der Waals surface area contributed by atoms with E-state index in [1.54, 1.807) is 14.2 Å². The minimum absolute atomic E-state index is 0.0500. The van der Waals surface area contributed by atoms with Gasteiger partial charge < -0.3 is 24.8 Å². The molecule has 162 valence electrons. The van der Waals surface area contributed by atoms with Crippen molar-refractivity contribution in [1.82, 2.24) is 10.6 Å². The van der Waals surface area contributed by atoms with E-state index in [1.807, 2.05) is 31.2 Å². The standard InChI is InChI=1S/C24H33N3O3/c1-19(30-22-12-8-7-11-21(22)28-3)17-26-23(25-2)27-18-24(13-15-29-16-14-24)20-9-5-4-6-10-20/h4-12,19H,13-18H2,1-3H3,(H2,25,26,27). The van der Waals surface area contributed by atoms with Crippen molar-refractivity contribution >= 4 is 5.96 Å². The second kappa shape index (κ2) is 10.9. The zero-order valence-corrected chi connectivity index (χ0v) is 18.2. The van der Waals surface area contributed by atoms with Crippen molar-refractivity contribution in [3.63, 3.8) is 0 Å². The maximum atomic E-state index is 6.03. The largest absolute Gasteiger partial charge is 0.493 e. The first-order valence-electron chi connectivity index (χ1n) is 10.5. The fourth-order valence-electron chi connectivity index (χ4n) is 3.81. The second-order valence-electron chi connectivity index (χ2n) is 7.64. The van der Waals surface area contributed by atoms with Crippen molar-refractivity contribution in [2.75, 3.05) is 40.5 Å². The number of aliphatic imine (C=N–C) groups is 1. The van der Waals surface area contributed by atoms with Crippen molar-refractivity contribution in [3.8, 4) is 11.5 Å². The first-order valence-corrected chi connectivity index (χ1v) is 10.5. The number of ether oxygens (including phenoxy) is 3. The van der Waals surface area contributed by atoms with Crippen molar-refractivity contribution in [2.24, 2.45) is 4.99 Å². The zero-order valence-electron chi connectivity index (χ0n) is 18.2. The van der Waals surface area contributed by atoms with Crippen LogP contribution < -0.4 is 20.1 Å². The summed E-state index contributed by atoms with van der Waals surface area (Å²) in [5, 5.41) is 6.90. The Morgan fingerprint density at radius 2 is 1.70 bits per heavy atom. The van der Waals surface area contributed by atoms with Crippen LogP contribution in [0.15, 0.2) is 59.6 Å². The minimum atomic E-state index is -0.0500. The fraction of sp³-hybridized carbons (Fsp3) is 0.458. The molecule has 0 aliphatic carbocycles. The quantitative estimate of drug-likeness (QED) is 0.515. The van der Waals surface area contributed by atoms with Crippen molar-refractivity contribution in [3.05, 3.63) is 60.2 Å². The van der Waals surface area contributed by atoms with E-state index in [0.717, 1.165) is 50.1 Å². The molecule has 1 aliphatic heterocycles. The van der Waals surface area contributed by atoms with Crippen LogP contribution in [0.4, 0.5) is 0 Å². The average Bonchev–Trinajstić information content (AvgIpc) is 2.80. The molecular weight excluding hydrogens is 378 g/mol. The van der Waals surface area contributed by atoms with Gasteiger partial charge in [0, 0.05) is 32.2 Å². The van der Waals surface area contributed by atoms with Gasteiger partial charge in [0.15, 0.2) is 17.5 Å². The fourth-order valence-corrected chi connectivity index (χ4v) is 3.81. The molecule has 0 bridgehead atoms. The first-order chi connectivity index (χ1) is 14.7. The minimum Gasteiger partial charge on any atom is -0.493 e. The van der Waals surface area contributed by atoms with Crippen LogP contribution in [-0.4, -0.2) is 52.5 Å². The molecular formula is C24H33N3O3. The number of benzene rings is 2. The lowest BCUT2D eigenvalue weighted by molar-refractivity contribution is 0.0513. The Balaban J connectivity index is 1.56. The smallest absolute Gasteiger partial charge is 0.191 e. The van der Waals surface area contributed by atoms with E-state index in [4.69, 9.17) is 14.2 Å². The molecule has 1 saturated heterocycles. The highest BCUT2D eigenvalue weighted by Crippen LogP contribution is 2.34. The Labute approximate surface area is 179 Å². The molecule has 0 saturated carbocycles. The Hall–Kier alpha value is -2.73. The van der Waals surface area contributed by atoms with Crippen LogP contribution in [0.3, 0.4) is 0 Å². The lowest BCUT2D eigenvalue weighted by Crippen LogP contribution is -2.49. The molecule has 1 heterocycles. The summed E-state index contributed by atoms with van der Waals surface area (Å²) in [6.45, 7) is 5.02. The van der Waals surface area contributed by atoms with E-state index in [2.05, 4.69) is 46.0 Å². The maximum Gasteiger partial charge on any atom is 0.191 e. The summed E-state index contributed by atoms with van der Waals surface area (Å²) < 4.78 is 17.0. The van der Waals surface area contributed by atoms with Gasteiger partial charge in [-0.1, -0.05) is 42.5 Å². The molecule has 1 atom stereocenters. The third kappa shape index (κ3) is 5.66. The SMILES string of the molecule is CN=C(NCC(C)Oc1ccccc1OC)NCC1(c2ccccc2)CCOCC1. The van der Waals surface area contributed by atoms with Crippen LogP contribution in [-0.2, 0) is 10.2 Å². The van der Waals surface area contributed by atoms with Crippen LogP contribution in [0.5, 0.6) is 11.5 Å². The Morgan fingerprint density at radius 1 is 1.03 bits per heavy atom. The first kappa shape index (κ1) is 22.0. The number of hydrogen-bond donors (Lipinski definition) is 2. The van der Waals surface area contributed by atoms with Gasteiger partial charge >= 0.3 is 0 Å². The molecule has 2 aromatic rings. The molecule has 1 fully saturated rings. The number of nitrogens with one attached hydrogen (secondary N) is 2. The number of guanidine groups is 1. The molecule has 1 unspecified atom stereocenters. The van der Waals surface area contributed by atoms with Crippen molar-refractivity contribution in [1.29, 1.82) is 0 Å². The monoisotopic (exact) mass is 411 g/mol. The highest BCUT2D eigenvalue weighted by molar-refractivity contribution is 5.79. The van der Waals surface area contributed by atoms with E-state index < -0.39 is 0 Å². The summed E-state index contributed by atoms with van der Waals surface area (Å²) >= 11 is 0. The Kier molecular flexibility index (Phi) is 7.97. The van der Waals surface area contributed by atoms with Crippen LogP contribution in [0.1, 0.15) is 25.3 Å². The summed E-state index contributed by atoms with van der Waals surface area (Å²) in [5.74, 6) is 2.24. The molecule has 6 nitrogen and oxygen atoms in total. The number of hydrogen-bond acceptors (Lipinski definition) is 4. The topological polar surface area (TPSA) is 64.1 Å². The van der Waals surface area contributed by atoms with Gasteiger partial charge in [0.1, 0.15) is 6.10 Å². The molecule has 6 heteroatoms. The molecule has 0 amide bonds. The highest BCUT2D eigenvalue weighted by Gasteiger charge is 2.34. The normalized spacial score (nSPS) is 17.1. The summed E-state index contributed by atoms with van der Waals surface area (Å²) in [7, 11) is 3.44. The van der Waals surface area contributed by atoms with Gasteiger partial charge in [-0.3, -0.25) is 4.99 Å². The zero-order chi connectivity index (χ0) is 21.2. The van der Waals surface area contributed by atoms with Gasteiger partial charge in [-0.25, -0.2) is 0 Å². The molecule has 1 aliphatic rings. The molecule has 0 spiro atoms. The Morgan fingerprint density at radius 3 is 2.37 bits per heavy atom. The second-order valence-corrected chi connectivity index (χ2v) is 7.64.